The van der Waals surface area contributed by atoms with Gasteiger partial charge in [0.1, 0.15) is 0 Å². The van der Waals surface area contributed by atoms with Crippen LogP contribution in [-0.4, -0.2) is 18.4 Å². The van der Waals surface area contributed by atoms with Crippen LogP contribution in [0.1, 0.15) is 19.3 Å². The molecule has 1 N–H and O–H groups in total. The lowest BCUT2D eigenvalue weighted by Crippen LogP contribution is -2.40. The lowest BCUT2D eigenvalue weighted by Gasteiger charge is -2.22. The van der Waals surface area contributed by atoms with Crippen LogP contribution in [0.4, 0.5) is 11.4 Å². The summed E-state index contributed by atoms with van der Waals surface area (Å²) < 4.78 is 1.99. The summed E-state index contributed by atoms with van der Waals surface area (Å²) in [4.78, 5) is 26.6. The maximum absolute atomic E-state index is 12.7. The van der Waals surface area contributed by atoms with Crippen molar-refractivity contribution in [2.24, 2.45) is 0 Å². The van der Waals surface area contributed by atoms with Crippen molar-refractivity contribution < 1.29 is 9.59 Å². The molecule has 0 heterocycles. The van der Waals surface area contributed by atoms with E-state index in [0.717, 1.165) is 24.9 Å². The van der Waals surface area contributed by atoms with Gasteiger partial charge in [-0.2, -0.15) is 0 Å². The molecule has 5 heteroatoms. The number of nitrogens with one attached hydrogen (secondary N) is 1. The van der Waals surface area contributed by atoms with E-state index in [0.29, 0.717) is 12.2 Å². The molecule has 0 bridgehead atoms. The van der Waals surface area contributed by atoms with Gasteiger partial charge < -0.3 is 10.2 Å². The van der Waals surface area contributed by atoms with Crippen LogP contribution in [0.15, 0.2) is 70.8 Å². The molecule has 2 aromatic rings. The topological polar surface area (TPSA) is 49.4 Å². The monoisotopic (exact) mass is 448 g/mol. The number of nitrogens with zero attached hydrogens (tertiary/aromatic N) is 1. The van der Waals surface area contributed by atoms with E-state index < -0.39 is 11.8 Å². The number of rotatable bonds is 7. The van der Waals surface area contributed by atoms with Crippen molar-refractivity contribution in [2.45, 2.75) is 19.3 Å². The van der Waals surface area contributed by atoms with Crippen molar-refractivity contribution in [1.29, 1.82) is 0 Å². The fourth-order valence-electron chi connectivity index (χ4n) is 2.38. The third-order valence-electron chi connectivity index (χ3n) is 3.63. The van der Waals surface area contributed by atoms with E-state index in [2.05, 4.69) is 34.0 Å². The number of carbonyl (C=O) groups is 2. The lowest BCUT2D eigenvalue weighted by atomic mass is 10.2. The van der Waals surface area contributed by atoms with Crippen molar-refractivity contribution in [3.05, 3.63) is 70.8 Å². The van der Waals surface area contributed by atoms with Gasteiger partial charge in [0.25, 0.3) is 0 Å². The molecule has 2 aromatic carbocycles. The molecule has 0 fully saturated rings. The summed E-state index contributed by atoms with van der Waals surface area (Å²) in [6.07, 6.45) is 4.87. The van der Waals surface area contributed by atoms with Gasteiger partial charge in [-0.15, -0.1) is 0 Å². The summed E-state index contributed by atoms with van der Waals surface area (Å²) >= 11 is 2.19. The number of anilines is 2. The van der Waals surface area contributed by atoms with E-state index in [9.17, 15) is 9.59 Å². The molecule has 0 aliphatic heterocycles. The third kappa shape index (κ3) is 6.34. The van der Waals surface area contributed by atoms with E-state index in [-0.39, 0.29) is 0 Å². The van der Waals surface area contributed by atoms with Crippen molar-refractivity contribution >= 4 is 45.8 Å². The second-order valence-electron chi connectivity index (χ2n) is 5.47. The van der Waals surface area contributed by atoms with Crippen molar-refractivity contribution in [3.63, 3.8) is 0 Å². The molecular weight excluding hydrogens is 427 g/mol. The minimum Gasteiger partial charge on any atom is -0.318 e. The number of benzene rings is 2. The standard InChI is InChI=1S/C20H21IN2O2/c21-15-9-1-2-10-16-23(18-13-7-4-8-14-18)20(25)19(24)22-17-11-5-3-6-12-17/h3-9,11-15H,1-2,10,16H2,(H,22,24)/b15-9-. The van der Waals surface area contributed by atoms with E-state index in [1.807, 2.05) is 52.6 Å². The van der Waals surface area contributed by atoms with Crippen LogP contribution < -0.4 is 10.2 Å². The molecule has 0 atom stereocenters. The summed E-state index contributed by atoms with van der Waals surface area (Å²) in [5, 5.41) is 2.66. The maximum atomic E-state index is 12.7. The normalized spacial score (nSPS) is 10.6. The molecule has 0 aliphatic rings. The minimum atomic E-state index is -0.623. The van der Waals surface area contributed by atoms with Crippen molar-refractivity contribution in [3.8, 4) is 0 Å². The number of allylic oxidation sites excluding steroid dienone is 1. The molecule has 0 spiro atoms. The van der Waals surface area contributed by atoms with E-state index >= 15 is 0 Å². The Morgan fingerprint density at radius 2 is 1.60 bits per heavy atom. The molecule has 4 nitrogen and oxygen atoms in total. The quantitative estimate of drug-likeness (QED) is 0.377. The van der Waals surface area contributed by atoms with Gasteiger partial charge in [-0.1, -0.05) is 65.1 Å². The summed E-state index contributed by atoms with van der Waals surface area (Å²) in [6.45, 7) is 0.514. The number of hydrogen-bond donors (Lipinski definition) is 1. The second kappa shape index (κ2) is 10.7. The average molecular weight is 448 g/mol. The van der Waals surface area contributed by atoms with Gasteiger partial charge in [0.2, 0.25) is 0 Å². The SMILES string of the molecule is O=C(Nc1ccccc1)C(=O)N(CCCC/C=C\I)c1ccccc1. The Bertz CT molecular complexity index is 702. The zero-order chi connectivity index (χ0) is 17.9. The molecule has 0 aliphatic carbocycles. The summed E-state index contributed by atoms with van der Waals surface area (Å²) in [6, 6.07) is 18.3. The number of para-hydroxylation sites is 2. The molecular formula is C20H21IN2O2. The molecule has 2 rings (SSSR count). The van der Waals surface area contributed by atoms with Gasteiger partial charge in [0.15, 0.2) is 0 Å². The Hall–Kier alpha value is -2.15. The first-order valence-corrected chi connectivity index (χ1v) is 9.45. The van der Waals surface area contributed by atoms with Gasteiger partial charge in [-0.05, 0) is 47.6 Å². The fourth-order valence-corrected chi connectivity index (χ4v) is 2.74. The maximum Gasteiger partial charge on any atom is 0.316 e. The highest BCUT2D eigenvalue weighted by Gasteiger charge is 2.22. The Morgan fingerprint density at radius 3 is 2.24 bits per heavy atom. The Balaban J connectivity index is 2.05. The Morgan fingerprint density at radius 1 is 0.960 bits per heavy atom. The Kier molecular flexibility index (Phi) is 8.18. The highest BCUT2D eigenvalue weighted by atomic mass is 127. The summed E-state index contributed by atoms with van der Waals surface area (Å²) in [5.74, 6) is -1.17. The lowest BCUT2D eigenvalue weighted by molar-refractivity contribution is -0.134. The number of halogens is 1. The van der Waals surface area contributed by atoms with Crippen LogP contribution in [0.2, 0.25) is 0 Å². The smallest absolute Gasteiger partial charge is 0.316 e. The molecule has 0 saturated carbocycles. The zero-order valence-corrected chi connectivity index (χ0v) is 16.1. The van der Waals surface area contributed by atoms with Crippen molar-refractivity contribution in [2.75, 3.05) is 16.8 Å². The first kappa shape index (κ1) is 19.2. The van der Waals surface area contributed by atoms with Gasteiger partial charge in [-0.25, -0.2) is 0 Å². The Labute approximate surface area is 162 Å². The van der Waals surface area contributed by atoms with Crippen molar-refractivity contribution in [1.82, 2.24) is 0 Å². The van der Waals surface area contributed by atoms with Crippen LogP contribution in [-0.2, 0) is 9.59 Å². The van der Waals surface area contributed by atoms with Crippen LogP contribution in [0.3, 0.4) is 0 Å². The molecule has 25 heavy (non-hydrogen) atoms. The molecule has 130 valence electrons. The van der Waals surface area contributed by atoms with Crippen LogP contribution in [0.5, 0.6) is 0 Å². The predicted molar refractivity (Wildman–Crippen MR) is 111 cm³/mol. The zero-order valence-electron chi connectivity index (χ0n) is 13.9. The molecule has 0 radical (unpaired) electrons. The second-order valence-corrected chi connectivity index (χ2v) is 6.19. The minimum absolute atomic E-state index is 0.514. The number of unbranched alkanes of at least 4 members (excludes halogenated alkanes) is 2. The van der Waals surface area contributed by atoms with Gasteiger partial charge >= 0.3 is 11.8 Å². The highest BCUT2D eigenvalue weighted by Crippen LogP contribution is 2.16. The third-order valence-corrected chi connectivity index (χ3v) is 4.14. The summed E-state index contributed by atoms with van der Waals surface area (Å²) in [5.41, 5.74) is 1.35. The number of hydrogen-bond acceptors (Lipinski definition) is 2. The molecule has 0 saturated heterocycles. The number of carbonyl (C=O) groups excluding carboxylic acids is 2. The van der Waals surface area contributed by atoms with E-state index in [1.165, 1.54) is 0 Å². The largest absolute Gasteiger partial charge is 0.318 e. The first-order chi connectivity index (χ1) is 12.2. The van der Waals surface area contributed by atoms with E-state index in [4.69, 9.17) is 0 Å². The summed E-state index contributed by atoms with van der Waals surface area (Å²) in [7, 11) is 0. The van der Waals surface area contributed by atoms with Gasteiger partial charge in [-0.3, -0.25) is 9.59 Å². The van der Waals surface area contributed by atoms with Crippen LogP contribution >= 0.6 is 22.6 Å². The first-order valence-electron chi connectivity index (χ1n) is 8.20. The van der Waals surface area contributed by atoms with Crippen LogP contribution in [0.25, 0.3) is 0 Å². The van der Waals surface area contributed by atoms with Crippen LogP contribution in [0, 0.1) is 0 Å². The predicted octanol–water partition coefficient (Wildman–Crippen LogP) is 4.78. The number of amides is 2. The molecule has 0 unspecified atom stereocenters. The highest BCUT2D eigenvalue weighted by molar-refractivity contribution is 14.1. The van der Waals surface area contributed by atoms with E-state index in [1.54, 1.807) is 17.0 Å². The fraction of sp³-hybridized carbons (Fsp3) is 0.200. The molecule has 0 aromatic heterocycles. The molecule has 2 amide bonds. The average Bonchev–Trinajstić information content (AvgIpc) is 2.65. The van der Waals surface area contributed by atoms with Gasteiger partial charge in [0, 0.05) is 17.9 Å². The van der Waals surface area contributed by atoms with Gasteiger partial charge in [0.05, 0.1) is 0 Å².